The van der Waals surface area contributed by atoms with Gasteiger partial charge in [-0.15, -0.1) is 0 Å². The van der Waals surface area contributed by atoms with E-state index in [0.717, 1.165) is 37.7 Å². The molecule has 1 aliphatic rings. The van der Waals surface area contributed by atoms with Gasteiger partial charge in [0.2, 0.25) is 0 Å². The Hall–Kier alpha value is -0.770. The van der Waals surface area contributed by atoms with E-state index in [-0.39, 0.29) is 5.75 Å². The fourth-order valence-electron chi connectivity index (χ4n) is 1.77. The Bertz CT molecular complexity index is 360. The Morgan fingerprint density at radius 1 is 1.39 bits per heavy atom. The lowest BCUT2D eigenvalue weighted by molar-refractivity contribution is 0.122. The highest BCUT2D eigenvalue weighted by atomic mass is 35.5. The van der Waals surface area contributed by atoms with E-state index >= 15 is 0 Å². The van der Waals surface area contributed by atoms with Crippen LogP contribution in [-0.4, -0.2) is 24.9 Å². The summed E-state index contributed by atoms with van der Waals surface area (Å²) in [5.41, 5.74) is 0.762. The van der Waals surface area contributed by atoms with Crippen LogP contribution in [0.25, 0.3) is 0 Å². The van der Waals surface area contributed by atoms with Crippen molar-refractivity contribution in [3.8, 4) is 5.75 Å². The van der Waals surface area contributed by atoms with E-state index in [2.05, 4.69) is 5.32 Å². The maximum atomic E-state index is 9.65. The number of phenols is 1. The minimum absolute atomic E-state index is 0.250. The van der Waals surface area contributed by atoms with Gasteiger partial charge in [-0.25, -0.2) is 0 Å². The summed E-state index contributed by atoms with van der Waals surface area (Å²) in [5, 5.41) is 13.5. The van der Waals surface area contributed by atoms with Gasteiger partial charge in [-0.2, -0.15) is 0 Å². The van der Waals surface area contributed by atoms with E-state index in [1.54, 1.807) is 18.2 Å². The van der Waals surface area contributed by atoms with Gasteiger partial charge in [0, 0.05) is 30.3 Å². The van der Waals surface area contributed by atoms with Gasteiger partial charge in [0.1, 0.15) is 5.75 Å². The van der Waals surface area contributed by atoms with Gasteiger partial charge in [0.05, 0.1) is 0 Å². The van der Waals surface area contributed by atoms with Crippen molar-refractivity contribution in [2.75, 3.05) is 19.8 Å². The van der Waals surface area contributed by atoms with Crippen LogP contribution < -0.4 is 5.32 Å². The lowest BCUT2D eigenvalue weighted by Crippen LogP contribution is -2.17. The molecule has 3 nitrogen and oxygen atoms in total. The molecule has 2 N–H and O–H groups in total. The van der Waals surface area contributed by atoms with Crippen LogP contribution in [0.1, 0.15) is 24.8 Å². The fourth-order valence-corrected chi connectivity index (χ4v) is 2.01. The second-order valence-corrected chi connectivity index (χ2v) is 5.19. The number of benzene rings is 1. The lowest BCUT2D eigenvalue weighted by Gasteiger charge is -2.08. The number of hydrogen-bond acceptors (Lipinski definition) is 3. The standard InChI is InChI=1S/C14H20ClNO2/c15-13-3-1-4-14(17)12(13)9-16-7-2-8-18-10-11-5-6-11/h1,3-4,11,16-17H,2,5-10H2. The third-order valence-electron chi connectivity index (χ3n) is 3.09. The molecule has 0 unspecified atom stereocenters. The first-order valence-electron chi connectivity index (χ1n) is 6.52. The van der Waals surface area contributed by atoms with Gasteiger partial charge < -0.3 is 15.2 Å². The Kier molecular flexibility index (Phi) is 5.29. The predicted molar refractivity (Wildman–Crippen MR) is 73.0 cm³/mol. The second kappa shape index (κ2) is 6.98. The molecule has 0 spiro atoms. The van der Waals surface area contributed by atoms with Crippen molar-refractivity contribution in [3.05, 3.63) is 28.8 Å². The van der Waals surface area contributed by atoms with Crippen molar-refractivity contribution in [3.63, 3.8) is 0 Å². The number of nitrogens with one attached hydrogen (secondary N) is 1. The highest BCUT2D eigenvalue weighted by Gasteiger charge is 2.20. The Morgan fingerprint density at radius 3 is 2.94 bits per heavy atom. The van der Waals surface area contributed by atoms with Gasteiger partial charge in [-0.1, -0.05) is 17.7 Å². The van der Waals surface area contributed by atoms with Crippen molar-refractivity contribution in [2.45, 2.75) is 25.8 Å². The van der Waals surface area contributed by atoms with Crippen LogP contribution >= 0.6 is 11.6 Å². The number of ether oxygens (including phenoxy) is 1. The normalized spacial score (nSPS) is 14.9. The first kappa shape index (κ1) is 13.7. The zero-order chi connectivity index (χ0) is 12.8. The van der Waals surface area contributed by atoms with E-state index in [9.17, 15) is 5.11 Å². The zero-order valence-corrected chi connectivity index (χ0v) is 11.2. The molecule has 0 aromatic heterocycles. The molecule has 0 aliphatic heterocycles. The van der Waals surface area contributed by atoms with Crippen molar-refractivity contribution in [2.24, 2.45) is 5.92 Å². The highest BCUT2D eigenvalue weighted by molar-refractivity contribution is 6.31. The van der Waals surface area contributed by atoms with Gasteiger partial charge in [0.15, 0.2) is 0 Å². The summed E-state index contributed by atoms with van der Waals surface area (Å²) in [6.07, 6.45) is 3.66. The lowest BCUT2D eigenvalue weighted by atomic mass is 10.2. The summed E-state index contributed by atoms with van der Waals surface area (Å²) in [6, 6.07) is 5.19. The molecule has 0 amide bonds. The quantitative estimate of drug-likeness (QED) is 0.713. The molecule has 0 heterocycles. The van der Waals surface area contributed by atoms with Crippen LogP contribution in [0.4, 0.5) is 0 Å². The summed E-state index contributed by atoms with van der Waals surface area (Å²) < 4.78 is 5.54. The molecule has 4 heteroatoms. The molecule has 0 radical (unpaired) electrons. The largest absolute Gasteiger partial charge is 0.508 e. The van der Waals surface area contributed by atoms with Gasteiger partial charge in [-0.05, 0) is 43.9 Å². The zero-order valence-electron chi connectivity index (χ0n) is 10.5. The van der Waals surface area contributed by atoms with Crippen molar-refractivity contribution in [1.82, 2.24) is 5.32 Å². The molecule has 2 rings (SSSR count). The van der Waals surface area contributed by atoms with Crippen LogP contribution in [0.3, 0.4) is 0 Å². The molecule has 1 aromatic rings. The molecular formula is C14H20ClNO2. The third kappa shape index (κ3) is 4.48. The summed E-state index contributed by atoms with van der Waals surface area (Å²) in [7, 11) is 0. The number of phenolic OH excluding ortho intramolecular Hbond substituents is 1. The summed E-state index contributed by atoms with van der Waals surface area (Å²) in [4.78, 5) is 0. The Morgan fingerprint density at radius 2 is 2.22 bits per heavy atom. The minimum Gasteiger partial charge on any atom is -0.508 e. The second-order valence-electron chi connectivity index (χ2n) is 4.79. The molecule has 100 valence electrons. The highest BCUT2D eigenvalue weighted by Crippen LogP contribution is 2.28. The maximum Gasteiger partial charge on any atom is 0.121 e. The van der Waals surface area contributed by atoms with Crippen LogP contribution in [0.5, 0.6) is 5.75 Å². The van der Waals surface area contributed by atoms with Gasteiger partial charge in [-0.3, -0.25) is 0 Å². The molecule has 0 saturated heterocycles. The summed E-state index contributed by atoms with van der Waals surface area (Å²) >= 11 is 6.01. The molecular weight excluding hydrogens is 250 g/mol. The Labute approximate surface area is 113 Å². The molecule has 1 saturated carbocycles. The van der Waals surface area contributed by atoms with E-state index < -0.39 is 0 Å². The predicted octanol–water partition coefficient (Wildman–Crippen LogP) is 2.95. The average Bonchev–Trinajstić information content (AvgIpc) is 3.15. The Balaban J connectivity index is 1.56. The van der Waals surface area contributed by atoms with E-state index in [4.69, 9.17) is 16.3 Å². The van der Waals surface area contributed by atoms with Crippen LogP contribution in [0.2, 0.25) is 5.02 Å². The van der Waals surface area contributed by atoms with E-state index in [0.29, 0.717) is 11.6 Å². The molecule has 0 atom stereocenters. The number of rotatable bonds is 8. The fraction of sp³-hybridized carbons (Fsp3) is 0.571. The number of halogens is 1. The van der Waals surface area contributed by atoms with Gasteiger partial charge >= 0.3 is 0 Å². The van der Waals surface area contributed by atoms with Gasteiger partial charge in [0.25, 0.3) is 0 Å². The van der Waals surface area contributed by atoms with Crippen molar-refractivity contribution < 1.29 is 9.84 Å². The molecule has 1 aliphatic carbocycles. The topological polar surface area (TPSA) is 41.5 Å². The number of aromatic hydroxyl groups is 1. The molecule has 18 heavy (non-hydrogen) atoms. The monoisotopic (exact) mass is 269 g/mol. The molecule has 1 fully saturated rings. The average molecular weight is 270 g/mol. The van der Waals surface area contributed by atoms with Crippen LogP contribution in [-0.2, 0) is 11.3 Å². The molecule has 0 bridgehead atoms. The first-order chi connectivity index (χ1) is 8.77. The minimum atomic E-state index is 0.250. The smallest absolute Gasteiger partial charge is 0.121 e. The van der Waals surface area contributed by atoms with E-state index in [1.807, 2.05) is 0 Å². The summed E-state index contributed by atoms with van der Waals surface area (Å²) in [6.45, 7) is 3.19. The van der Waals surface area contributed by atoms with Crippen molar-refractivity contribution in [1.29, 1.82) is 0 Å². The van der Waals surface area contributed by atoms with Crippen molar-refractivity contribution >= 4 is 11.6 Å². The first-order valence-corrected chi connectivity index (χ1v) is 6.90. The third-order valence-corrected chi connectivity index (χ3v) is 3.44. The van der Waals surface area contributed by atoms with E-state index in [1.165, 1.54) is 12.8 Å². The summed E-state index contributed by atoms with van der Waals surface area (Å²) in [5.74, 6) is 1.08. The van der Waals surface area contributed by atoms with Crippen LogP contribution in [0, 0.1) is 5.92 Å². The maximum absolute atomic E-state index is 9.65. The molecule has 1 aromatic carbocycles. The number of hydrogen-bond donors (Lipinski definition) is 2. The SMILES string of the molecule is Oc1cccc(Cl)c1CNCCCOCC1CC1. The van der Waals surface area contributed by atoms with Crippen LogP contribution in [0.15, 0.2) is 18.2 Å².